The highest BCUT2D eigenvalue weighted by molar-refractivity contribution is 7.16. The van der Waals surface area contributed by atoms with Gasteiger partial charge in [-0.15, -0.1) is 22.7 Å². The maximum absolute atomic E-state index is 4.71. The molecule has 0 aliphatic heterocycles. The Bertz CT molecular complexity index is 747. The Kier molecular flexibility index (Phi) is 4.17. The van der Waals surface area contributed by atoms with Crippen molar-refractivity contribution in [3.8, 4) is 0 Å². The molecule has 0 spiro atoms. The summed E-state index contributed by atoms with van der Waals surface area (Å²) in [7, 11) is 2.10. The van der Waals surface area contributed by atoms with Crippen LogP contribution >= 0.6 is 22.7 Å². The fourth-order valence-electron chi connectivity index (χ4n) is 2.22. The van der Waals surface area contributed by atoms with Gasteiger partial charge in [0.25, 0.3) is 0 Å². The summed E-state index contributed by atoms with van der Waals surface area (Å²) < 4.78 is 0. The molecule has 3 aromatic rings. The molecule has 0 aromatic carbocycles. The summed E-state index contributed by atoms with van der Waals surface area (Å²) in [6.45, 7) is 5.10. The van der Waals surface area contributed by atoms with Crippen molar-refractivity contribution in [2.45, 2.75) is 26.7 Å². The van der Waals surface area contributed by atoms with Crippen molar-refractivity contribution in [3.63, 3.8) is 0 Å². The van der Waals surface area contributed by atoms with Crippen LogP contribution in [0, 0.1) is 6.92 Å². The summed E-state index contributed by atoms with van der Waals surface area (Å²) in [5.74, 6) is 1.95. The van der Waals surface area contributed by atoms with Crippen LogP contribution in [0.5, 0.6) is 0 Å². The van der Waals surface area contributed by atoms with E-state index in [0.29, 0.717) is 0 Å². The second-order valence-electron chi connectivity index (χ2n) is 4.99. The highest BCUT2D eigenvalue weighted by Crippen LogP contribution is 2.27. The molecular weight excluding hydrogens is 300 g/mol. The molecule has 0 saturated heterocycles. The average Bonchev–Trinajstić information content (AvgIpc) is 3.11. The second-order valence-corrected chi connectivity index (χ2v) is 7.21. The van der Waals surface area contributed by atoms with Gasteiger partial charge >= 0.3 is 0 Å². The number of likely N-dealkylation sites (N-methyl/N-ethyl adjacent to an activating group) is 1. The van der Waals surface area contributed by atoms with Crippen LogP contribution in [0.15, 0.2) is 17.6 Å². The van der Waals surface area contributed by atoms with Crippen LogP contribution in [0.3, 0.4) is 0 Å². The third kappa shape index (κ3) is 3.06. The zero-order valence-electron chi connectivity index (χ0n) is 12.5. The van der Waals surface area contributed by atoms with Crippen LogP contribution in [-0.4, -0.2) is 28.5 Å². The normalized spacial score (nSPS) is 11.2. The quantitative estimate of drug-likeness (QED) is 0.719. The molecule has 0 atom stereocenters. The maximum atomic E-state index is 4.71. The summed E-state index contributed by atoms with van der Waals surface area (Å²) in [6, 6.07) is 2.11. The molecule has 0 fully saturated rings. The van der Waals surface area contributed by atoms with E-state index >= 15 is 0 Å². The van der Waals surface area contributed by atoms with Gasteiger partial charge in [-0.3, -0.25) is 0 Å². The Morgan fingerprint density at radius 3 is 2.86 bits per heavy atom. The smallest absolute Gasteiger partial charge is 0.140 e. The molecule has 3 rings (SSSR count). The Morgan fingerprint density at radius 2 is 2.14 bits per heavy atom. The van der Waals surface area contributed by atoms with Gasteiger partial charge in [0.1, 0.15) is 16.5 Å². The van der Waals surface area contributed by atoms with Gasteiger partial charge in [-0.1, -0.05) is 6.92 Å². The highest BCUT2D eigenvalue weighted by atomic mass is 32.1. The number of thiazole rings is 1. The molecule has 0 N–H and O–H groups in total. The van der Waals surface area contributed by atoms with Gasteiger partial charge in [-0.05, 0) is 18.4 Å². The summed E-state index contributed by atoms with van der Waals surface area (Å²) in [5, 5.41) is 4.42. The topological polar surface area (TPSA) is 41.9 Å². The number of thiophene rings is 1. The van der Waals surface area contributed by atoms with Crippen LogP contribution in [0.4, 0.5) is 5.82 Å². The van der Waals surface area contributed by atoms with E-state index in [0.717, 1.165) is 41.2 Å². The van der Waals surface area contributed by atoms with Crippen molar-refractivity contribution in [1.82, 2.24) is 15.0 Å². The van der Waals surface area contributed by atoms with Crippen molar-refractivity contribution in [1.29, 1.82) is 0 Å². The first-order valence-corrected chi connectivity index (χ1v) is 8.73. The molecule has 110 valence electrons. The Morgan fingerprint density at radius 1 is 1.29 bits per heavy atom. The van der Waals surface area contributed by atoms with Gasteiger partial charge in [0.2, 0.25) is 0 Å². The lowest BCUT2D eigenvalue weighted by molar-refractivity contribution is 0.843. The maximum Gasteiger partial charge on any atom is 0.140 e. The van der Waals surface area contributed by atoms with E-state index in [1.165, 1.54) is 9.88 Å². The van der Waals surface area contributed by atoms with Crippen molar-refractivity contribution in [2.75, 3.05) is 18.5 Å². The predicted octanol–water partition coefficient (Wildman–Crippen LogP) is 3.70. The molecule has 21 heavy (non-hydrogen) atoms. The molecule has 0 aliphatic carbocycles. The average molecular weight is 318 g/mol. The molecule has 0 amide bonds. The van der Waals surface area contributed by atoms with Gasteiger partial charge < -0.3 is 4.90 Å². The van der Waals surface area contributed by atoms with E-state index in [9.17, 15) is 0 Å². The van der Waals surface area contributed by atoms with Gasteiger partial charge in [0.15, 0.2) is 0 Å². The minimum atomic E-state index is 0.861. The number of rotatable bonds is 5. The summed E-state index contributed by atoms with van der Waals surface area (Å²) in [6.07, 6.45) is 3.75. The lowest BCUT2D eigenvalue weighted by atomic mass is 10.3. The van der Waals surface area contributed by atoms with Gasteiger partial charge in [-0.25, -0.2) is 15.0 Å². The first kappa shape index (κ1) is 14.4. The fraction of sp³-hybridized carbons (Fsp3) is 0.400. The number of hydrogen-bond acceptors (Lipinski definition) is 6. The monoisotopic (exact) mass is 318 g/mol. The number of nitrogens with zero attached hydrogens (tertiary/aromatic N) is 4. The Hall–Kier alpha value is -1.53. The van der Waals surface area contributed by atoms with Crippen LogP contribution in [0.1, 0.15) is 22.6 Å². The summed E-state index contributed by atoms with van der Waals surface area (Å²) in [5.41, 5.74) is 0. The van der Waals surface area contributed by atoms with E-state index in [2.05, 4.69) is 47.2 Å². The van der Waals surface area contributed by atoms with E-state index in [4.69, 9.17) is 4.98 Å². The van der Waals surface area contributed by atoms with Crippen molar-refractivity contribution >= 4 is 38.7 Å². The molecule has 3 aromatic heterocycles. The number of aromatic nitrogens is 3. The van der Waals surface area contributed by atoms with Crippen LogP contribution in [0.2, 0.25) is 0 Å². The van der Waals surface area contributed by atoms with Crippen LogP contribution in [0.25, 0.3) is 10.2 Å². The summed E-state index contributed by atoms with van der Waals surface area (Å²) in [4.78, 5) is 18.3. The number of hydrogen-bond donors (Lipinski definition) is 0. The first-order valence-electron chi connectivity index (χ1n) is 7.04. The van der Waals surface area contributed by atoms with Crippen molar-refractivity contribution < 1.29 is 0 Å². The fourth-order valence-corrected chi connectivity index (χ4v) is 3.77. The highest BCUT2D eigenvalue weighted by Gasteiger charge is 2.12. The third-order valence-corrected chi connectivity index (χ3v) is 5.14. The zero-order valence-corrected chi connectivity index (χ0v) is 14.1. The molecule has 0 aliphatic rings. The molecule has 0 unspecified atom stereocenters. The van der Waals surface area contributed by atoms with E-state index in [1.807, 2.05) is 6.20 Å². The largest absolute Gasteiger partial charge is 0.359 e. The van der Waals surface area contributed by atoms with E-state index in [-0.39, 0.29) is 0 Å². The molecule has 6 heteroatoms. The summed E-state index contributed by atoms with van der Waals surface area (Å²) >= 11 is 3.45. The standard InChI is InChI=1S/C15H18N4S2/c1-4-12-17-14(11-6-8-20-15(11)18-12)19(3)7-5-13-16-9-10(2)21-13/h6,8-9H,4-5,7H2,1-3H3. The van der Waals surface area contributed by atoms with E-state index < -0.39 is 0 Å². The van der Waals surface area contributed by atoms with Crippen LogP contribution in [-0.2, 0) is 12.8 Å². The van der Waals surface area contributed by atoms with Gasteiger partial charge in [-0.2, -0.15) is 0 Å². The van der Waals surface area contributed by atoms with Gasteiger partial charge in [0, 0.05) is 37.5 Å². The Labute approximate surface area is 132 Å². The molecule has 0 radical (unpaired) electrons. The predicted molar refractivity (Wildman–Crippen MR) is 90.6 cm³/mol. The number of anilines is 1. The first-order chi connectivity index (χ1) is 10.2. The molecule has 3 heterocycles. The third-order valence-electron chi connectivity index (χ3n) is 3.36. The van der Waals surface area contributed by atoms with E-state index in [1.54, 1.807) is 22.7 Å². The van der Waals surface area contributed by atoms with Crippen LogP contribution < -0.4 is 4.90 Å². The molecule has 0 saturated carbocycles. The number of fused-ring (bicyclic) bond motifs is 1. The SMILES string of the molecule is CCc1nc(N(C)CCc2ncc(C)s2)c2ccsc2n1. The Balaban J connectivity index is 1.83. The molecular formula is C15H18N4S2. The van der Waals surface area contributed by atoms with Crippen molar-refractivity contribution in [3.05, 3.63) is 33.4 Å². The lowest BCUT2D eigenvalue weighted by Crippen LogP contribution is -2.22. The molecule has 4 nitrogen and oxygen atoms in total. The zero-order chi connectivity index (χ0) is 14.8. The lowest BCUT2D eigenvalue weighted by Gasteiger charge is -2.19. The molecule has 0 bridgehead atoms. The second kappa shape index (κ2) is 6.07. The van der Waals surface area contributed by atoms with Gasteiger partial charge in [0.05, 0.1) is 10.4 Å². The van der Waals surface area contributed by atoms with Crippen molar-refractivity contribution in [2.24, 2.45) is 0 Å². The number of aryl methyl sites for hydroxylation is 2. The minimum Gasteiger partial charge on any atom is -0.359 e. The minimum absolute atomic E-state index is 0.861.